The monoisotopic (exact) mass is 531 g/mol. The van der Waals surface area contributed by atoms with Gasteiger partial charge in [-0.3, -0.25) is 9.52 Å². The Bertz CT molecular complexity index is 744. The molecule has 0 saturated heterocycles. The van der Waals surface area contributed by atoms with E-state index in [-0.39, 0.29) is 55.4 Å². The Kier molecular flexibility index (Phi) is 13.9. The highest BCUT2D eigenvalue weighted by atomic mass is 32.2. The molecule has 1 rings (SSSR count). The van der Waals surface area contributed by atoms with Gasteiger partial charge < -0.3 is 13.6 Å². The van der Waals surface area contributed by atoms with Crippen molar-refractivity contribution in [2.75, 3.05) is 6.26 Å². The van der Waals surface area contributed by atoms with Gasteiger partial charge >= 0.3 is 0 Å². The molecule has 8 atom stereocenters. The first-order valence-electron chi connectivity index (χ1n) is 12.1. The Morgan fingerprint density at radius 1 is 1.22 bits per heavy atom. The van der Waals surface area contributed by atoms with Crippen LogP contribution in [0.4, 0.5) is 0 Å². The second-order valence-electron chi connectivity index (χ2n) is 8.24. The fourth-order valence-corrected chi connectivity index (χ4v) is 5.27. The van der Waals surface area contributed by atoms with Gasteiger partial charge in [-0.05, 0) is 31.6 Å². The van der Waals surface area contributed by atoms with Crippen molar-refractivity contribution in [3.05, 3.63) is 24.3 Å². The van der Waals surface area contributed by atoms with Crippen molar-refractivity contribution in [2.24, 2.45) is 11.8 Å². The molecule has 1 aliphatic rings. The summed E-state index contributed by atoms with van der Waals surface area (Å²) in [5.74, 6) is -0.261. The van der Waals surface area contributed by atoms with Gasteiger partial charge in [-0.25, -0.2) is 8.42 Å². The predicted molar refractivity (Wildman–Crippen MR) is 139 cm³/mol. The van der Waals surface area contributed by atoms with Crippen LogP contribution in [0.15, 0.2) is 24.3 Å². The smallest absolute Gasteiger partial charge is 0.233 e. The average molecular weight is 532 g/mol. The van der Waals surface area contributed by atoms with Crippen LogP contribution in [-0.2, 0) is 28.4 Å². The molecule has 0 radical (unpaired) electrons. The molecule has 1 saturated carbocycles. The van der Waals surface area contributed by atoms with Crippen LogP contribution in [0.5, 0.6) is 0 Å². The minimum absolute atomic E-state index is 0.0244. The van der Waals surface area contributed by atoms with Crippen molar-refractivity contribution >= 4 is 44.2 Å². The molecule has 1 N–H and O–H groups in total. The van der Waals surface area contributed by atoms with Gasteiger partial charge in [-0.15, -0.1) is 0 Å². The first kappa shape index (κ1) is 26.7. The van der Waals surface area contributed by atoms with Crippen LogP contribution in [-0.4, -0.2) is 41.4 Å². The van der Waals surface area contributed by atoms with Gasteiger partial charge in [-0.1, -0.05) is 50.5 Å². The Morgan fingerprint density at radius 2 is 2.03 bits per heavy atom. The van der Waals surface area contributed by atoms with Crippen LogP contribution in [0, 0.1) is 11.8 Å². The Labute approximate surface area is 203 Å². The van der Waals surface area contributed by atoms with E-state index < -0.39 is 15.9 Å². The van der Waals surface area contributed by atoms with Crippen LogP contribution in [0.2, 0.25) is 0 Å². The minimum atomic E-state index is -3.51. The second kappa shape index (κ2) is 16.7. The molecule has 0 heterocycles. The molecule has 7 nitrogen and oxygen atoms in total. The number of sulfonamides is 1. The fraction of sp³-hybridized carbons (Fsp3) is 0.762. The summed E-state index contributed by atoms with van der Waals surface area (Å²) in [6.45, 7) is 2.16. The zero-order valence-corrected chi connectivity index (χ0v) is 23.0. The third kappa shape index (κ3) is 12.0. The first-order valence-corrected chi connectivity index (χ1v) is 14.3. The molecule has 0 aromatic carbocycles. The Hall–Kier alpha value is 0.0700. The van der Waals surface area contributed by atoms with Crippen LogP contribution in [0.1, 0.15) is 64.7 Å². The number of carbonyl (C=O) groups is 1. The molecule has 11 heteroatoms. The maximum Gasteiger partial charge on any atom is 0.233 e. The topological polar surface area (TPSA) is 90.9 Å². The maximum absolute atomic E-state index is 11.6. The average Bonchev–Trinajstić information content (AvgIpc) is 3.10. The van der Waals surface area contributed by atoms with E-state index in [0.29, 0.717) is 19.3 Å². The summed E-state index contributed by atoms with van der Waals surface area (Å²) in [6.07, 6.45) is 16.0. The first-order chi connectivity index (χ1) is 16.3. The van der Waals surface area contributed by atoms with Crippen LogP contribution in [0.25, 0.3) is 0 Å². The maximum atomic E-state index is 11.6. The van der Waals surface area contributed by atoms with Crippen molar-refractivity contribution in [3.8, 4) is 0 Å². The molecular weight excluding hydrogens is 487 g/mol. The normalized spacial score (nSPS) is 26.6. The summed E-state index contributed by atoms with van der Waals surface area (Å²) in [5, 5.41) is 0. The Morgan fingerprint density at radius 3 is 2.69 bits per heavy atom. The second-order valence-corrected chi connectivity index (χ2v) is 10.7. The SMILES string of the molecule is [3H]PO[C@H](/C=C/[C@@H]1[C@@H](C/C=C\CCCC(=O)NS(C)(=O)=O)[C@@H](OP)C[C@H]1OP[3H])CCCCC. The van der Waals surface area contributed by atoms with E-state index in [2.05, 4.69) is 28.5 Å². The Balaban J connectivity index is 2.73. The number of allylic oxidation sites excluding steroid dienone is 2. The van der Waals surface area contributed by atoms with E-state index in [1.54, 1.807) is 0 Å². The third-order valence-corrected chi connectivity index (χ3v) is 7.19. The van der Waals surface area contributed by atoms with Crippen molar-refractivity contribution in [3.63, 3.8) is 0 Å². The minimum Gasteiger partial charge on any atom is -0.362 e. The molecule has 0 aliphatic heterocycles. The summed E-state index contributed by atoms with van der Waals surface area (Å²) < 4.78 is 56.2. The van der Waals surface area contributed by atoms with E-state index in [9.17, 15) is 13.2 Å². The number of nitrogens with one attached hydrogen (secondary N) is 1. The number of carbonyl (C=O) groups excluding carboxylic acids is 1. The molecule has 3 unspecified atom stereocenters. The molecular formula is C21H40NO6P3S. The summed E-state index contributed by atoms with van der Waals surface area (Å²) in [4.78, 5) is 11.6. The van der Waals surface area contributed by atoms with E-state index in [4.69, 9.17) is 16.1 Å². The number of amides is 1. The van der Waals surface area contributed by atoms with Crippen molar-refractivity contribution < 1.29 is 26.8 Å². The van der Waals surface area contributed by atoms with Crippen molar-refractivity contribution in [1.29, 1.82) is 2.56 Å². The number of hydrogen-bond donors (Lipinski definition) is 1. The predicted octanol–water partition coefficient (Wildman–Crippen LogP) is 4.48. The van der Waals surface area contributed by atoms with Gasteiger partial charge in [-0.2, -0.15) is 0 Å². The zero-order valence-electron chi connectivity index (χ0n) is 21.0. The summed E-state index contributed by atoms with van der Waals surface area (Å²) in [5.41, 5.74) is 0. The summed E-state index contributed by atoms with van der Waals surface area (Å²) >= 11 is 0. The highest BCUT2D eigenvalue weighted by Gasteiger charge is 2.41. The van der Waals surface area contributed by atoms with Gasteiger partial charge in [0.1, 0.15) is 0 Å². The molecule has 186 valence electrons. The quantitative estimate of drug-likeness (QED) is 0.159. The van der Waals surface area contributed by atoms with Crippen molar-refractivity contribution in [1.82, 2.24) is 4.72 Å². The molecule has 0 aromatic rings. The van der Waals surface area contributed by atoms with Gasteiger partial charge in [0.2, 0.25) is 15.9 Å². The molecule has 1 aliphatic carbocycles. The van der Waals surface area contributed by atoms with E-state index in [0.717, 1.165) is 38.4 Å². The molecule has 0 spiro atoms. The van der Waals surface area contributed by atoms with E-state index in [1.165, 1.54) is 0 Å². The summed E-state index contributed by atoms with van der Waals surface area (Å²) in [7, 11) is -1.83. The highest BCUT2D eigenvalue weighted by molar-refractivity contribution is 7.89. The molecule has 1 fully saturated rings. The number of unbranched alkanes of at least 4 members (excludes halogenated alkanes) is 3. The van der Waals surface area contributed by atoms with Gasteiger partial charge in [0.05, 0.1) is 27.1 Å². The lowest BCUT2D eigenvalue weighted by Gasteiger charge is -2.22. The third-order valence-electron chi connectivity index (χ3n) is 5.63. The zero-order chi connectivity index (χ0) is 25.4. The number of rotatable bonds is 18. The lowest BCUT2D eigenvalue weighted by Crippen LogP contribution is -2.28. The largest absolute Gasteiger partial charge is 0.362 e. The lowest BCUT2D eigenvalue weighted by atomic mass is 9.89. The van der Waals surface area contributed by atoms with Crippen molar-refractivity contribution in [2.45, 2.75) is 83.0 Å². The molecule has 32 heavy (non-hydrogen) atoms. The van der Waals surface area contributed by atoms with E-state index in [1.807, 2.05) is 16.9 Å². The lowest BCUT2D eigenvalue weighted by molar-refractivity contribution is -0.119. The molecule has 0 bridgehead atoms. The highest BCUT2D eigenvalue weighted by Crippen LogP contribution is 2.41. The van der Waals surface area contributed by atoms with Crippen LogP contribution < -0.4 is 4.72 Å². The van der Waals surface area contributed by atoms with Gasteiger partial charge in [0, 0.05) is 47.0 Å². The molecule has 0 aromatic heterocycles. The molecule has 1 amide bonds. The van der Waals surface area contributed by atoms with Crippen LogP contribution >= 0.6 is 28.3 Å². The van der Waals surface area contributed by atoms with E-state index >= 15 is 0 Å². The number of hydrogen-bond acceptors (Lipinski definition) is 6. The fourth-order valence-electron chi connectivity index (χ4n) is 3.99. The summed E-state index contributed by atoms with van der Waals surface area (Å²) in [6, 6.07) is 0. The van der Waals surface area contributed by atoms with Crippen LogP contribution in [0.3, 0.4) is 0 Å². The van der Waals surface area contributed by atoms with Gasteiger partial charge in [0.15, 0.2) is 0 Å². The standard InChI is InChI=1S/C21H40NO6P3S/c1-3-4-7-10-16(26-29)13-14-18-17(19(27-30)15-20(18)28-31)11-8-5-6-9-12-21(23)22-32(2,24)25/h5,8,13-14,16-20H,3-4,6-7,9-12,15,29-31H2,1-2H3,(H,22,23)/b8-5-,14-13+/t16-,17+,18+,19-,20+/m0/s1/i29T,31T/t16-,17+,18+,19-,20+,29?,31?. The van der Waals surface area contributed by atoms with Gasteiger partial charge in [0.25, 0.3) is 0 Å².